The summed E-state index contributed by atoms with van der Waals surface area (Å²) in [5.41, 5.74) is 6.44. The summed E-state index contributed by atoms with van der Waals surface area (Å²) in [6.07, 6.45) is 1.66. The summed E-state index contributed by atoms with van der Waals surface area (Å²) in [6.45, 7) is 1.87. The lowest BCUT2D eigenvalue weighted by atomic mass is 10.1. The first-order chi connectivity index (χ1) is 13.2. The van der Waals surface area contributed by atoms with Crippen LogP contribution >= 0.6 is 0 Å². The van der Waals surface area contributed by atoms with Gasteiger partial charge in [-0.2, -0.15) is 10.2 Å². The van der Waals surface area contributed by atoms with Crippen LogP contribution in [0.15, 0.2) is 77.9 Å². The number of H-pyrrole nitrogens is 1. The molecule has 3 aromatic carbocycles. The summed E-state index contributed by atoms with van der Waals surface area (Å²) in [4.78, 5) is 12.5. The van der Waals surface area contributed by atoms with Crippen molar-refractivity contribution in [2.75, 3.05) is 0 Å². The van der Waals surface area contributed by atoms with Crippen LogP contribution in [0.3, 0.4) is 0 Å². The average Bonchev–Trinajstić information content (AvgIpc) is 3.10. The normalized spacial score (nSPS) is 11.1. The van der Waals surface area contributed by atoms with Crippen LogP contribution in [0.4, 0.5) is 0 Å². The van der Waals surface area contributed by atoms with Crippen molar-refractivity contribution in [1.82, 2.24) is 15.6 Å². The Balaban J connectivity index is 1.53. The number of benzene rings is 3. The zero-order chi connectivity index (χ0) is 18.6. The third-order valence-corrected chi connectivity index (χ3v) is 4.48. The number of hydrogen-bond donors (Lipinski definition) is 2. The molecule has 0 unspecified atom stereocenters. The van der Waals surface area contributed by atoms with E-state index in [0.29, 0.717) is 5.69 Å². The van der Waals surface area contributed by atoms with Gasteiger partial charge in [0.1, 0.15) is 5.69 Å². The van der Waals surface area contributed by atoms with Crippen LogP contribution < -0.4 is 5.43 Å². The molecule has 0 radical (unpaired) electrons. The third-order valence-electron chi connectivity index (χ3n) is 4.48. The molecule has 0 aliphatic heterocycles. The van der Waals surface area contributed by atoms with E-state index in [9.17, 15) is 4.79 Å². The smallest absolute Gasteiger partial charge is 0.272 e. The molecule has 4 aromatic rings. The van der Waals surface area contributed by atoms with Crippen LogP contribution in [0.5, 0.6) is 0 Å². The van der Waals surface area contributed by atoms with E-state index in [1.807, 2.05) is 79.7 Å². The first-order valence-electron chi connectivity index (χ1n) is 8.65. The number of aromatic amines is 1. The van der Waals surface area contributed by atoms with Crippen molar-refractivity contribution < 1.29 is 4.79 Å². The van der Waals surface area contributed by atoms with Crippen LogP contribution in [0.25, 0.3) is 22.0 Å². The Hall–Kier alpha value is -3.73. The molecule has 0 spiro atoms. The fraction of sp³-hybridized carbons (Fsp3) is 0.0455. The topological polar surface area (TPSA) is 70.1 Å². The number of carbonyl (C=O) groups excluding carboxylic acids is 1. The van der Waals surface area contributed by atoms with E-state index in [2.05, 4.69) is 20.7 Å². The molecule has 0 atom stereocenters. The molecule has 0 aliphatic rings. The molecule has 0 fully saturated rings. The maximum absolute atomic E-state index is 12.5. The lowest BCUT2D eigenvalue weighted by Crippen LogP contribution is -2.19. The fourth-order valence-corrected chi connectivity index (χ4v) is 3.08. The highest BCUT2D eigenvalue weighted by Gasteiger charge is 2.16. The van der Waals surface area contributed by atoms with Crippen LogP contribution in [-0.2, 0) is 0 Å². The maximum Gasteiger partial charge on any atom is 0.289 e. The Labute approximate surface area is 156 Å². The zero-order valence-electron chi connectivity index (χ0n) is 14.8. The maximum atomic E-state index is 12.5. The summed E-state index contributed by atoms with van der Waals surface area (Å²) < 4.78 is 0. The van der Waals surface area contributed by atoms with Gasteiger partial charge < -0.3 is 0 Å². The van der Waals surface area contributed by atoms with E-state index in [0.717, 1.165) is 33.2 Å². The highest BCUT2D eigenvalue weighted by molar-refractivity contribution is 6.01. The second kappa shape index (κ2) is 7.25. The number of carbonyl (C=O) groups is 1. The molecule has 0 bridgehead atoms. The van der Waals surface area contributed by atoms with Gasteiger partial charge in [-0.05, 0) is 17.7 Å². The van der Waals surface area contributed by atoms with E-state index in [1.165, 1.54) is 0 Å². The van der Waals surface area contributed by atoms with Crippen molar-refractivity contribution in [2.45, 2.75) is 6.92 Å². The highest BCUT2D eigenvalue weighted by Crippen LogP contribution is 2.22. The summed E-state index contributed by atoms with van der Waals surface area (Å²) >= 11 is 0. The lowest BCUT2D eigenvalue weighted by molar-refractivity contribution is 0.0949. The van der Waals surface area contributed by atoms with Gasteiger partial charge in [-0.15, -0.1) is 0 Å². The van der Waals surface area contributed by atoms with Gasteiger partial charge in [0.2, 0.25) is 0 Å². The van der Waals surface area contributed by atoms with Gasteiger partial charge in [-0.1, -0.05) is 72.8 Å². The molecule has 2 N–H and O–H groups in total. The molecule has 132 valence electrons. The summed E-state index contributed by atoms with van der Waals surface area (Å²) in [5, 5.41) is 13.4. The average molecular weight is 354 g/mol. The molecular formula is C22H18N4O. The number of nitrogens with one attached hydrogen (secondary N) is 2. The second-order valence-electron chi connectivity index (χ2n) is 6.21. The molecule has 0 saturated heterocycles. The number of rotatable bonds is 4. The number of aromatic nitrogens is 2. The predicted molar refractivity (Wildman–Crippen MR) is 108 cm³/mol. The molecular weight excluding hydrogens is 336 g/mol. The van der Waals surface area contributed by atoms with Gasteiger partial charge in [-0.25, -0.2) is 5.43 Å². The minimum absolute atomic E-state index is 0.321. The molecule has 1 aromatic heterocycles. The molecule has 27 heavy (non-hydrogen) atoms. The van der Waals surface area contributed by atoms with Crippen molar-refractivity contribution in [3.05, 3.63) is 89.6 Å². The molecule has 5 heteroatoms. The van der Waals surface area contributed by atoms with E-state index in [-0.39, 0.29) is 5.91 Å². The Morgan fingerprint density at radius 2 is 1.74 bits per heavy atom. The molecule has 1 amide bonds. The van der Waals surface area contributed by atoms with Gasteiger partial charge in [0.05, 0.1) is 11.9 Å². The largest absolute Gasteiger partial charge is 0.289 e. The van der Waals surface area contributed by atoms with E-state index >= 15 is 0 Å². The van der Waals surface area contributed by atoms with Gasteiger partial charge in [-0.3, -0.25) is 9.89 Å². The standard InChI is InChI=1S/C22H18N4O/c1-15-20(17-9-3-2-4-10-17)24-25-21(15)22(27)26-23-14-18-12-7-11-16-8-5-6-13-19(16)18/h2-14H,1H3,(H,24,25)(H,26,27)/b23-14+. The number of hydrazone groups is 1. The van der Waals surface area contributed by atoms with Gasteiger partial charge >= 0.3 is 0 Å². The van der Waals surface area contributed by atoms with Crippen molar-refractivity contribution in [1.29, 1.82) is 0 Å². The molecule has 0 aliphatic carbocycles. The van der Waals surface area contributed by atoms with Crippen molar-refractivity contribution in [2.24, 2.45) is 5.10 Å². The molecule has 4 rings (SSSR count). The fourth-order valence-electron chi connectivity index (χ4n) is 3.08. The number of fused-ring (bicyclic) bond motifs is 1. The molecule has 0 saturated carbocycles. The van der Waals surface area contributed by atoms with E-state index in [1.54, 1.807) is 6.21 Å². The first kappa shape index (κ1) is 16.7. The van der Waals surface area contributed by atoms with Gasteiger partial charge in [0, 0.05) is 16.7 Å². The van der Waals surface area contributed by atoms with Gasteiger partial charge in [0.15, 0.2) is 0 Å². The number of nitrogens with zero attached hydrogens (tertiary/aromatic N) is 2. The Morgan fingerprint density at radius 1 is 1.00 bits per heavy atom. The monoisotopic (exact) mass is 354 g/mol. The molecule has 1 heterocycles. The summed E-state index contributed by atoms with van der Waals surface area (Å²) in [6, 6.07) is 23.8. The number of hydrogen-bond acceptors (Lipinski definition) is 3. The van der Waals surface area contributed by atoms with Crippen molar-refractivity contribution in [3.8, 4) is 11.3 Å². The van der Waals surface area contributed by atoms with Crippen LogP contribution in [0.1, 0.15) is 21.6 Å². The van der Waals surface area contributed by atoms with Crippen LogP contribution in [0.2, 0.25) is 0 Å². The Kier molecular flexibility index (Phi) is 4.49. The highest BCUT2D eigenvalue weighted by atomic mass is 16.2. The first-order valence-corrected chi connectivity index (χ1v) is 8.65. The SMILES string of the molecule is Cc1c(-c2ccccc2)n[nH]c1C(=O)N/N=C/c1cccc2ccccc12. The quantitative estimate of drug-likeness (QED) is 0.424. The Bertz CT molecular complexity index is 1120. The van der Waals surface area contributed by atoms with Crippen LogP contribution in [-0.4, -0.2) is 22.3 Å². The minimum atomic E-state index is -0.321. The minimum Gasteiger partial charge on any atom is -0.272 e. The second-order valence-corrected chi connectivity index (χ2v) is 6.21. The van der Waals surface area contributed by atoms with Crippen molar-refractivity contribution >= 4 is 22.9 Å². The van der Waals surface area contributed by atoms with E-state index < -0.39 is 0 Å². The summed E-state index contributed by atoms with van der Waals surface area (Å²) in [5.74, 6) is -0.321. The van der Waals surface area contributed by atoms with E-state index in [4.69, 9.17) is 0 Å². The lowest BCUT2D eigenvalue weighted by Gasteiger charge is -2.02. The summed E-state index contributed by atoms with van der Waals surface area (Å²) in [7, 11) is 0. The van der Waals surface area contributed by atoms with Crippen LogP contribution in [0, 0.1) is 6.92 Å². The molecule has 5 nitrogen and oxygen atoms in total. The zero-order valence-corrected chi connectivity index (χ0v) is 14.8. The predicted octanol–water partition coefficient (Wildman–Crippen LogP) is 4.30. The Morgan fingerprint density at radius 3 is 2.59 bits per heavy atom. The third kappa shape index (κ3) is 3.35. The van der Waals surface area contributed by atoms with Gasteiger partial charge in [0.25, 0.3) is 5.91 Å². The number of amides is 1. The van der Waals surface area contributed by atoms with Crippen molar-refractivity contribution in [3.63, 3.8) is 0 Å².